The monoisotopic (exact) mass is 231 g/mol. The Morgan fingerprint density at radius 2 is 1.87 bits per heavy atom. The van der Waals surface area contributed by atoms with Crippen LogP contribution in [0.15, 0.2) is 12.1 Å². The summed E-state index contributed by atoms with van der Waals surface area (Å²) in [6.45, 7) is 1.71. The van der Waals surface area contributed by atoms with Crippen molar-refractivity contribution in [1.82, 2.24) is 0 Å². The number of hydrogen-bond acceptors (Lipinski definition) is 5. The molecule has 1 rings (SSSR count). The number of methoxy groups -OCH3 is 1. The third-order valence-electron chi connectivity index (χ3n) is 1.77. The topological polar surface area (TPSA) is 78.6 Å². The molecule has 0 radical (unpaired) electrons. The van der Waals surface area contributed by atoms with Crippen molar-refractivity contribution >= 4 is 15.8 Å². The van der Waals surface area contributed by atoms with Crippen molar-refractivity contribution in [2.24, 2.45) is 0 Å². The Bertz CT molecular complexity index is 467. The lowest BCUT2D eigenvalue weighted by molar-refractivity contribution is 0.415. The summed E-state index contributed by atoms with van der Waals surface area (Å²) in [5.41, 5.74) is 6.60. The minimum absolute atomic E-state index is 0.218. The van der Waals surface area contributed by atoms with Crippen LogP contribution < -0.4 is 14.7 Å². The summed E-state index contributed by atoms with van der Waals surface area (Å²) in [5, 5.41) is 0. The second-order valence-electron chi connectivity index (χ2n) is 3.15. The van der Waals surface area contributed by atoms with Gasteiger partial charge in [-0.1, -0.05) is 0 Å². The van der Waals surface area contributed by atoms with Gasteiger partial charge in [-0.25, -0.2) is 0 Å². The van der Waals surface area contributed by atoms with Crippen LogP contribution in [0.4, 0.5) is 5.69 Å². The summed E-state index contributed by atoms with van der Waals surface area (Å²) in [7, 11) is -2.04. The van der Waals surface area contributed by atoms with Crippen LogP contribution in [-0.4, -0.2) is 21.8 Å². The lowest BCUT2D eigenvalue weighted by Gasteiger charge is -2.10. The van der Waals surface area contributed by atoms with E-state index in [0.717, 1.165) is 6.26 Å². The lowest BCUT2D eigenvalue weighted by atomic mass is 10.2. The number of rotatable bonds is 3. The SMILES string of the molecule is COc1cc(C)c(OS(C)(=O)=O)cc1N. The quantitative estimate of drug-likeness (QED) is 0.618. The molecule has 0 aromatic heterocycles. The smallest absolute Gasteiger partial charge is 0.306 e. The predicted octanol–water partition coefficient (Wildman–Crippen LogP) is 0.924. The highest BCUT2D eigenvalue weighted by Gasteiger charge is 2.10. The molecular formula is C9H13NO4S. The van der Waals surface area contributed by atoms with Gasteiger partial charge in [-0.05, 0) is 18.6 Å². The van der Waals surface area contributed by atoms with Crippen LogP contribution in [0.3, 0.4) is 0 Å². The van der Waals surface area contributed by atoms with E-state index in [1.807, 2.05) is 0 Å². The first-order valence-corrected chi connectivity index (χ1v) is 5.98. The van der Waals surface area contributed by atoms with Gasteiger partial charge in [-0.3, -0.25) is 0 Å². The van der Waals surface area contributed by atoms with Crippen molar-refractivity contribution in [3.8, 4) is 11.5 Å². The summed E-state index contributed by atoms with van der Waals surface area (Å²) < 4.78 is 31.6. The fourth-order valence-corrected chi connectivity index (χ4v) is 1.61. The van der Waals surface area contributed by atoms with Crippen molar-refractivity contribution in [1.29, 1.82) is 0 Å². The maximum Gasteiger partial charge on any atom is 0.306 e. The average molecular weight is 231 g/mol. The van der Waals surface area contributed by atoms with Gasteiger partial charge in [0.2, 0.25) is 0 Å². The second kappa shape index (κ2) is 3.98. The predicted molar refractivity (Wildman–Crippen MR) is 57.6 cm³/mol. The van der Waals surface area contributed by atoms with E-state index in [9.17, 15) is 8.42 Å². The first-order valence-electron chi connectivity index (χ1n) is 4.17. The maximum atomic E-state index is 10.9. The number of nitrogen functional groups attached to an aromatic ring is 1. The number of benzene rings is 1. The second-order valence-corrected chi connectivity index (χ2v) is 4.72. The molecule has 84 valence electrons. The van der Waals surface area contributed by atoms with Crippen LogP contribution in [0, 0.1) is 6.92 Å². The van der Waals surface area contributed by atoms with E-state index in [2.05, 4.69) is 0 Å². The van der Waals surface area contributed by atoms with E-state index in [4.69, 9.17) is 14.7 Å². The molecule has 0 aliphatic carbocycles. The molecule has 0 unspecified atom stereocenters. The molecular weight excluding hydrogens is 218 g/mol. The molecule has 0 saturated heterocycles. The van der Waals surface area contributed by atoms with Gasteiger partial charge in [0.25, 0.3) is 0 Å². The highest BCUT2D eigenvalue weighted by atomic mass is 32.2. The van der Waals surface area contributed by atoms with Gasteiger partial charge in [0, 0.05) is 6.07 Å². The van der Waals surface area contributed by atoms with Crippen LogP contribution >= 0.6 is 0 Å². The molecule has 0 saturated carbocycles. The molecule has 0 atom stereocenters. The van der Waals surface area contributed by atoms with Crippen LogP contribution in [0.25, 0.3) is 0 Å². The zero-order chi connectivity index (χ0) is 11.6. The molecule has 0 heterocycles. The number of hydrogen-bond donors (Lipinski definition) is 1. The first kappa shape index (κ1) is 11.6. The Hall–Kier alpha value is -1.43. The molecule has 0 amide bonds. The molecule has 0 fully saturated rings. The van der Waals surface area contributed by atoms with E-state index in [-0.39, 0.29) is 5.75 Å². The highest BCUT2D eigenvalue weighted by molar-refractivity contribution is 7.86. The number of aryl methyl sites for hydroxylation is 1. The van der Waals surface area contributed by atoms with Crippen molar-refractivity contribution in [2.75, 3.05) is 19.1 Å². The van der Waals surface area contributed by atoms with Gasteiger partial charge in [-0.15, -0.1) is 0 Å². The Morgan fingerprint density at radius 3 is 2.33 bits per heavy atom. The molecule has 2 N–H and O–H groups in total. The molecule has 0 bridgehead atoms. The van der Waals surface area contributed by atoms with Crippen molar-refractivity contribution in [3.05, 3.63) is 17.7 Å². The molecule has 15 heavy (non-hydrogen) atoms. The summed E-state index contributed by atoms with van der Waals surface area (Å²) in [6.07, 6.45) is 0.979. The minimum atomic E-state index is -3.53. The number of nitrogens with two attached hydrogens (primary N) is 1. The summed E-state index contributed by atoms with van der Waals surface area (Å²) >= 11 is 0. The van der Waals surface area contributed by atoms with Gasteiger partial charge in [0.1, 0.15) is 11.5 Å². The van der Waals surface area contributed by atoms with Crippen LogP contribution in [0.2, 0.25) is 0 Å². The van der Waals surface area contributed by atoms with E-state index >= 15 is 0 Å². The molecule has 0 aliphatic heterocycles. The van der Waals surface area contributed by atoms with Crippen LogP contribution in [-0.2, 0) is 10.1 Å². The maximum absolute atomic E-state index is 10.9. The average Bonchev–Trinajstić information content (AvgIpc) is 2.08. The third-order valence-corrected chi connectivity index (χ3v) is 2.25. The highest BCUT2D eigenvalue weighted by Crippen LogP contribution is 2.30. The van der Waals surface area contributed by atoms with Gasteiger partial charge < -0.3 is 14.7 Å². The molecule has 0 aliphatic rings. The standard InChI is InChI=1S/C9H13NO4S/c1-6-4-9(13-2)7(10)5-8(6)14-15(3,11)12/h4-5H,10H2,1-3H3. The van der Waals surface area contributed by atoms with Gasteiger partial charge in [-0.2, -0.15) is 8.42 Å². The van der Waals surface area contributed by atoms with E-state index < -0.39 is 10.1 Å². The third kappa shape index (κ3) is 3.02. The zero-order valence-electron chi connectivity index (χ0n) is 8.77. The summed E-state index contributed by atoms with van der Waals surface area (Å²) in [6, 6.07) is 3.05. The van der Waals surface area contributed by atoms with Gasteiger partial charge >= 0.3 is 10.1 Å². The van der Waals surface area contributed by atoms with E-state index in [0.29, 0.717) is 17.0 Å². The van der Waals surface area contributed by atoms with Crippen molar-refractivity contribution < 1.29 is 17.3 Å². The molecule has 0 spiro atoms. The Morgan fingerprint density at radius 1 is 1.27 bits per heavy atom. The Labute approximate surface area is 88.9 Å². The lowest BCUT2D eigenvalue weighted by Crippen LogP contribution is -2.07. The first-order chi connectivity index (χ1) is 6.83. The van der Waals surface area contributed by atoms with Crippen molar-refractivity contribution in [2.45, 2.75) is 6.92 Å². The Balaban J connectivity index is 3.17. The van der Waals surface area contributed by atoms with E-state index in [1.54, 1.807) is 13.0 Å². The zero-order valence-corrected chi connectivity index (χ0v) is 9.59. The van der Waals surface area contributed by atoms with Gasteiger partial charge in [0.15, 0.2) is 0 Å². The molecule has 5 nitrogen and oxygen atoms in total. The minimum Gasteiger partial charge on any atom is -0.495 e. The van der Waals surface area contributed by atoms with Crippen molar-refractivity contribution in [3.63, 3.8) is 0 Å². The molecule has 6 heteroatoms. The number of anilines is 1. The normalized spacial score (nSPS) is 11.1. The number of ether oxygens (including phenoxy) is 1. The van der Waals surface area contributed by atoms with Crippen LogP contribution in [0.5, 0.6) is 11.5 Å². The summed E-state index contributed by atoms with van der Waals surface area (Å²) in [5.74, 6) is 0.712. The van der Waals surface area contributed by atoms with E-state index in [1.165, 1.54) is 13.2 Å². The molecule has 1 aromatic carbocycles. The van der Waals surface area contributed by atoms with Crippen LogP contribution in [0.1, 0.15) is 5.56 Å². The fourth-order valence-electron chi connectivity index (χ4n) is 1.11. The largest absolute Gasteiger partial charge is 0.495 e. The summed E-state index contributed by atoms with van der Waals surface area (Å²) in [4.78, 5) is 0. The fraction of sp³-hybridized carbons (Fsp3) is 0.333. The Kier molecular flexibility index (Phi) is 3.09. The van der Waals surface area contributed by atoms with Gasteiger partial charge in [0.05, 0.1) is 19.1 Å². The molecule has 1 aromatic rings.